The number of anilines is 2. The summed E-state index contributed by atoms with van der Waals surface area (Å²) < 4.78 is 14.3. The van der Waals surface area contributed by atoms with Crippen LogP contribution in [-0.4, -0.2) is 29.2 Å². The lowest BCUT2D eigenvalue weighted by molar-refractivity contribution is -0.120. The van der Waals surface area contributed by atoms with Gasteiger partial charge in [-0.05, 0) is 43.1 Å². The quantitative estimate of drug-likeness (QED) is 0.517. The number of piperidine rings is 1. The molecule has 1 atom stereocenters. The number of nitrogens with zero attached hydrogens (tertiary/aromatic N) is 1. The maximum atomic E-state index is 14.3. The molecule has 2 heterocycles. The lowest BCUT2D eigenvalue weighted by Gasteiger charge is -2.21. The van der Waals surface area contributed by atoms with E-state index in [1.807, 2.05) is 12.1 Å². The fourth-order valence-corrected chi connectivity index (χ4v) is 3.34. The fourth-order valence-electron chi connectivity index (χ4n) is 3.34. The Labute approximate surface area is 162 Å². The normalized spacial score (nSPS) is 16.7. The number of carbonyl (C=O) groups excluding carboxylic acids is 1. The van der Waals surface area contributed by atoms with E-state index in [4.69, 9.17) is 5.73 Å². The second kappa shape index (κ2) is 7.94. The monoisotopic (exact) mass is 389 g/mol. The van der Waals surface area contributed by atoms with Gasteiger partial charge in [0.15, 0.2) is 11.6 Å². The molecule has 1 aliphatic rings. The van der Waals surface area contributed by atoms with Crippen LogP contribution >= 0.6 is 12.4 Å². The van der Waals surface area contributed by atoms with E-state index in [0.717, 1.165) is 30.3 Å². The van der Waals surface area contributed by atoms with E-state index in [1.54, 1.807) is 18.2 Å². The predicted molar refractivity (Wildman–Crippen MR) is 107 cm³/mol. The number of halogens is 2. The highest BCUT2D eigenvalue weighted by Crippen LogP contribution is 2.31. The van der Waals surface area contributed by atoms with Crippen molar-refractivity contribution >= 4 is 40.7 Å². The van der Waals surface area contributed by atoms with Crippen molar-refractivity contribution in [3.8, 4) is 11.1 Å². The van der Waals surface area contributed by atoms with Crippen molar-refractivity contribution in [2.45, 2.75) is 12.8 Å². The number of nitrogens with two attached hydrogens (primary N) is 1. The third-order valence-corrected chi connectivity index (χ3v) is 4.81. The van der Waals surface area contributed by atoms with Crippen LogP contribution in [0.3, 0.4) is 0 Å². The number of nitrogen functional groups attached to an aromatic ring is 1. The average molecular weight is 390 g/mol. The summed E-state index contributed by atoms with van der Waals surface area (Å²) in [4.78, 5) is 12.5. The largest absolute Gasteiger partial charge is 0.396 e. The Hall–Kier alpha value is -2.64. The van der Waals surface area contributed by atoms with Crippen molar-refractivity contribution in [3.05, 3.63) is 42.2 Å². The van der Waals surface area contributed by atoms with Crippen LogP contribution < -0.4 is 16.4 Å². The van der Waals surface area contributed by atoms with E-state index in [1.165, 1.54) is 6.07 Å². The summed E-state index contributed by atoms with van der Waals surface area (Å²) in [5.74, 6) is -0.105. The average Bonchev–Trinajstić information content (AvgIpc) is 3.07. The number of hydrogen-bond acceptors (Lipinski definition) is 4. The molecule has 0 aliphatic carbocycles. The molecule has 1 amide bonds. The van der Waals surface area contributed by atoms with Gasteiger partial charge in [-0.25, -0.2) is 4.39 Å². The Kier molecular flexibility index (Phi) is 5.62. The molecule has 0 radical (unpaired) electrons. The highest BCUT2D eigenvalue weighted by molar-refractivity contribution is 6.01. The standard InChI is InChI=1S/C19H20FN5O.ClH/c20-17-13(4-1-5-15(17)21)11-6-7-16-14(9-11)18(25-24-16)23-19(26)12-3-2-8-22-10-12;/h1,4-7,9,12,22H,2-3,8,10,21H2,(H2,23,24,25,26);1H. The maximum absolute atomic E-state index is 14.3. The van der Waals surface area contributed by atoms with E-state index in [0.29, 0.717) is 23.5 Å². The van der Waals surface area contributed by atoms with E-state index in [-0.39, 0.29) is 29.9 Å². The van der Waals surface area contributed by atoms with Gasteiger partial charge in [0.2, 0.25) is 5.91 Å². The van der Waals surface area contributed by atoms with Crippen molar-refractivity contribution in [1.29, 1.82) is 0 Å². The minimum absolute atomic E-state index is 0. The summed E-state index contributed by atoms with van der Waals surface area (Å²) in [5, 5.41) is 14.0. The third kappa shape index (κ3) is 3.74. The molecule has 0 spiro atoms. The zero-order valence-electron chi connectivity index (χ0n) is 14.6. The minimum Gasteiger partial charge on any atom is -0.396 e. The second-order valence-electron chi connectivity index (χ2n) is 6.57. The molecule has 142 valence electrons. The Morgan fingerprint density at radius 3 is 2.93 bits per heavy atom. The van der Waals surface area contributed by atoms with Gasteiger partial charge in [0.05, 0.1) is 17.1 Å². The van der Waals surface area contributed by atoms with Gasteiger partial charge in [0, 0.05) is 17.5 Å². The Morgan fingerprint density at radius 2 is 2.15 bits per heavy atom. The first-order valence-electron chi connectivity index (χ1n) is 8.67. The molecule has 1 aromatic heterocycles. The van der Waals surface area contributed by atoms with Crippen LogP contribution in [0.2, 0.25) is 0 Å². The summed E-state index contributed by atoms with van der Waals surface area (Å²) in [6.07, 6.45) is 1.85. The number of rotatable bonds is 3. The smallest absolute Gasteiger partial charge is 0.229 e. The summed E-state index contributed by atoms with van der Waals surface area (Å²) in [6.45, 7) is 1.62. The summed E-state index contributed by atoms with van der Waals surface area (Å²) in [6, 6.07) is 10.3. The van der Waals surface area contributed by atoms with Crippen LogP contribution in [-0.2, 0) is 4.79 Å². The third-order valence-electron chi connectivity index (χ3n) is 4.81. The number of carbonyl (C=O) groups is 1. The minimum atomic E-state index is -0.450. The molecule has 2 aromatic carbocycles. The number of aromatic amines is 1. The zero-order chi connectivity index (χ0) is 18.1. The van der Waals surface area contributed by atoms with Crippen LogP contribution in [0, 0.1) is 11.7 Å². The van der Waals surface area contributed by atoms with Crippen molar-refractivity contribution in [3.63, 3.8) is 0 Å². The molecule has 1 saturated heterocycles. The molecule has 4 rings (SSSR count). The van der Waals surface area contributed by atoms with Gasteiger partial charge in [0.25, 0.3) is 0 Å². The van der Waals surface area contributed by atoms with Crippen molar-refractivity contribution in [2.75, 3.05) is 24.1 Å². The van der Waals surface area contributed by atoms with Crippen LogP contribution in [0.5, 0.6) is 0 Å². The number of hydrogen-bond donors (Lipinski definition) is 4. The Bertz CT molecular complexity index is 968. The first kappa shape index (κ1) is 19.1. The van der Waals surface area contributed by atoms with Gasteiger partial charge in [-0.2, -0.15) is 5.10 Å². The van der Waals surface area contributed by atoms with E-state index >= 15 is 0 Å². The van der Waals surface area contributed by atoms with Crippen LogP contribution in [0.4, 0.5) is 15.9 Å². The van der Waals surface area contributed by atoms with E-state index in [9.17, 15) is 9.18 Å². The van der Waals surface area contributed by atoms with Crippen LogP contribution in [0.25, 0.3) is 22.0 Å². The SMILES string of the molecule is Cl.Nc1cccc(-c2ccc3[nH]nc(NC(=O)C4CCCNC4)c3c2)c1F. The van der Waals surface area contributed by atoms with Gasteiger partial charge in [0.1, 0.15) is 0 Å². The molecular weight excluding hydrogens is 369 g/mol. The molecule has 1 fully saturated rings. The van der Waals surface area contributed by atoms with Crippen molar-refractivity contribution in [2.24, 2.45) is 5.92 Å². The molecule has 1 aliphatic heterocycles. The molecule has 6 nitrogen and oxygen atoms in total. The topological polar surface area (TPSA) is 95.8 Å². The summed E-state index contributed by atoms with van der Waals surface area (Å²) in [7, 11) is 0. The molecule has 3 aromatic rings. The highest BCUT2D eigenvalue weighted by Gasteiger charge is 2.22. The first-order chi connectivity index (χ1) is 12.6. The number of fused-ring (bicyclic) bond motifs is 1. The van der Waals surface area contributed by atoms with Crippen LogP contribution in [0.1, 0.15) is 12.8 Å². The molecule has 1 unspecified atom stereocenters. The lowest BCUT2D eigenvalue weighted by atomic mass is 9.99. The zero-order valence-corrected chi connectivity index (χ0v) is 15.4. The van der Waals surface area contributed by atoms with Gasteiger partial charge in [-0.1, -0.05) is 18.2 Å². The second-order valence-corrected chi connectivity index (χ2v) is 6.57. The van der Waals surface area contributed by atoms with Gasteiger partial charge < -0.3 is 16.4 Å². The number of benzene rings is 2. The maximum Gasteiger partial charge on any atom is 0.229 e. The summed E-state index contributed by atoms with van der Waals surface area (Å²) >= 11 is 0. The number of H-pyrrole nitrogens is 1. The Morgan fingerprint density at radius 1 is 1.30 bits per heavy atom. The van der Waals surface area contributed by atoms with Crippen molar-refractivity contribution in [1.82, 2.24) is 15.5 Å². The van der Waals surface area contributed by atoms with Gasteiger partial charge in [-0.15, -0.1) is 12.4 Å². The molecular formula is C19H21ClFN5O. The number of amides is 1. The molecule has 0 saturated carbocycles. The predicted octanol–water partition coefficient (Wildman–Crippen LogP) is 3.31. The van der Waals surface area contributed by atoms with Gasteiger partial charge >= 0.3 is 0 Å². The van der Waals surface area contributed by atoms with E-state index in [2.05, 4.69) is 20.8 Å². The first-order valence-corrected chi connectivity index (χ1v) is 8.67. The van der Waals surface area contributed by atoms with E-state index < -0.39 is 5.82 Å². The van der Waals surface area contributed by atoms with Crippen LogP contribution in [0.15, 0.2) is 36.4 Å². The molecule has 0 bridgehead atoms. The molecule has 27 heavy (non-hydrogen) atoms. The highest BCUT2D eigenvalue weighted by atomic mass is 35.5. The summed E-state index contributed by atoms with van der Waals surface area (Å²) in [5.41, 5.74) is 7.65. The fraction of sp³-hybridized carbons (Fsp3) is 0.263. The number of aromatic nitrogens is 2. The Balaban J connectivity index is 0.00000210. The van der Waals surface area contributed by atoms with Crippen molar-refractivity contribution < 1.29 is 9.18 Å². The number of nitrogens with one attached hydrogen (secondary N) is 3. The molecule has 8 heteroatoms. The lowest BCUT2D eigenvalue weighted by Crippen LogP contribution is -2.37. The van der Waals surface area contributed by atoms with Gasteiger partial charge in [-0.3, -0.25) is 9.89 Å². The molecule has 5 N–H and O–H groups in total.